The van der Waals surface area contributed by atoms with Crippen LogP contribution in [0.15, 0.2) is 3.77 Å². The van der Waals surface area contributed by atoms with Crippen molar-refractivity contribution in [2.24, 2.45) is 9.69 Å². The number of sulfonamides is 1. The lowest BCUT2D eigenvalue weighted by Gasteiger charge is -2.30. The lowest BCUT2D eigenvalue weighted by Crippen LogP contribution is -2.41. The molecule has 138 valence electrons. The maximum Gasteiger partial charge on any atom is 0.519 e. The van der Waals surface area contributed by atoms with Crippen molar-refractivity contribution in [1.82, 2.24) is 0 Å². The second kappa shape index (κ2) is 6.72. The molecule has 1 aliphatic rings. The summed E-state index contributed by atoms with van der Waals surface area (Å²) >= 11 is 0. The molecule has 0 aromatic rings. The number of halogens is 6. The van der Waals surface area contributed by atoms with E-state index < -0.39 is 44.0 Å². The largest absolute Gasteiger partial charge is 0.519 e. The standard InChI is InChI=1S/C9H13F6NO5S2/c10-8(11,12)7(6-4-2-1-3-5-6)21-23(19,20)16-22(17,18)9(13,14)15/h6-7H,1-5H2,(H,16,19,20). The Morgan fingerprint density at radius 1 is 1.00 bits per heavy atom. The molecule has 2 unspecified atom stereocenters. The number of nitrogens with zero attached hydrogens (tertiary/aromatic N) is 1. The molecule has 0 spiro atoms. The third-order valence-corrected chi connectivity index (χ3v) is 5.70. The topological polar surface area (TPSA) is 93.0 Å². The Hall–Kier alpha value is -0.600. The van der Waals surface area contributed by atoms with Crippen LogP contribution in [0.2, 0.25) is 0 Å². The second-order valence-electron chi connectivity index (χ2n) is 4.90. The second-order valence-corrected chi connectivity index (χ2v) is 8.00. The zero-order chi connectivity index (χ0) is 18.1. The summed E-state index contributed by atoms with van der Waals surface area (Å²) in [5.74, 6) is -1.26. The summed E-state index contributed by atoms with van der Waals surface area (Å²) in [5, 5.41) is 0. The molecule has 1 N–H and O–H groups in total. The molecule has 1 aliphatic carbocycles. The van der Waals surface area contributed by atoms with E-state index in [4.69, 9.17) is 4.55 Å². The fourth-order valence-corrected chi connectivity index (χ4v) is 4.16. The predicted octanol–water partition coefficient (Wildman–Crippen LogP) is 3.22. The molecule has 1 rings (SSSR count). The van der Waals surface area contributed by atoms with Crippen LogP contribution in [0.3, 0.4) is 0 Å². The van der Waals surface area contributed by atoms with Gasteiger partial charge in [-0.25, -0.2) is 4.18 Å². The molecule has 1 saturated carbocycles. The van der Waals surface area contributed by atoms with Crippen LogP contribution in [0.1, 0.15) is 32.1 Å². The molecule has 0 radical (unpaired) electrons. The van der Waals surface area contributed by atoms with Crippen LogP contribution in [0.25, 0.3) is 0 Å². The molecular weight excluding hydrogens is 380 g/mol. The van der Waals surface area contributed by atoms with Gasteiger partial charge in [0, 0.05) is 0 Å². The van der Waals surface area contributed by atoms with Crippen molar-refractivity contribution in [3.63, 3.8) is 0 Å². The van der Waals surface area contributed by atoms with Crippen molar-refractivity contribution < 1.29 is 47.7 Å². The van der Waals surface area contributed by atoms with E-state index >= 15 is 0 Å². The van der Waals surface area contributed by atoms with E-state index in [0.717, 1.165) is 0 Å². The highest BCUT2D eigenvalue weighted by atomic mass is 32.3. The quantitative estimate of drug-likeness (QED) is 0.741. The molecule has 14 heteroatoms. The molecule has 0 bridgehead atoms. The zero-order valence-corrected chi connectivity index (χ0v) is 12.9. The van der Waals surface area contributed by atoms with E-state index in [-0.39, 0.29) is 12.8 Å². The van der Waals surface area contributed by atoms with Gasteiger partial charge in [-0.05, 0) is 18.8 Å². The first-order chi connectivity index (χ1) is 10.2. The van der Waals surface area contributed by atoms with Crippen molar-refractivity contribution in [3.8, 4) is 0 Å². The van der Waals surface area contributed by atoms with Crippen LogP contribution in [0, 0.1) is 5.92 Å². The molecule has 0 aliphatic heterocycles. The first kappa shape index (κ1) is 20.4. The third-order valence-electron chi connectivity index (χ3n) is 3.11. The molecule has 1 fully saturated rings. The van der Waals surface area contributed by atoms with Crippen LogP contribution in [0.5, 0.6) is 0 Å². The van der Waals surface area contributed by atoms with E-state index in [9.17, 15) is 39.0 Å². The van der Waals surface area contributed by atoms with Gasteiger partial charge in [-0.2, -0.15) is 39.0 Å². The number of rotatable bonds is 4. The Bertz CT molecular complexity index is 628. The minimum absolute atomic E-state index is 0.0221. The monoisotopic (exact) mass is 393 g/mol. The summed E-state index contributed by atoms with van der Waals surface area (Å²) < 4.78 is 122. The molecule has 6 nitrogen and oxygen atoms in total. The molecular formula is C9H13F6NO5S2. The van der Waals surface area contributed by atoms with E-state index in [0.29, 0.717) is 19.3 Å². The Balaban J connectivity index is 3.14. The van der Waals surface area contributed by atoms with Gasteiger partial charge in [-0.15, -0.1) is 0 Å². The number of hydrogen-bond acceptors (Lipinski definition) is 4. The molecule has 0 heterocycles. The molecule has 2 atom stereocenters. The van der Waals surface area contributed by atoms with Gasteiger partial charge >= 0.3 is 32.0 Å². The fraction of sp³-hybridized carbons (Fsp3) is 1.00. The Morgan fingerprint density at radius 3 is 1.87 bits per heavy atom. The normalized spacial score (nSPS) is 22.4. The average Bonchev–Trinajstić information content (AvgIpc) is 2.33. The van der Waals surface area contributed by atoms with Gasteiger partial charge in [0.2, 0.25) is 0 Å². The van der Waals surface area contributed by atoms with E-state index in [1.165, 1.54) is 0 Å². The van der Waals surface area contributed by atoms with Gasteiger partial charge < -0.3 is 0 Å². The summed E-state index contributed by atoms with van der Waals surface area (Å²) in [5.41, 5.74) is -6.03. The van der Waals surface area contributed by atoms with Gasteiger partial charge in [0.1, 0.15) is 0 Å². The SMILES string of the molecule is O=S(=O)(N=S(=O)(O)OC(C1CCCCC1)C(F)(F)F)C(F)(F)F. The first-order valence-electron chi connectivity index (χ1n) is 6.23. The van der Waals surface area contributed by atoms with Crippen molar-refractivity contribution >= 4 is 20.3 Å². The molecule has 0 aromatic carbocycles. The summed E-state index contributed by atoms with van der Waals surface area (Å²) in [6, 6.07) is 0. The zero-order valence-electron chi connectivity index (χ0n) is 11.3. The maximum atomic E-state index is 12.9. The molecule has 0 aromatic heterocycles. The summed E-state index contributed by atoms with van der Waals surface area (Å²) in [6.07, 6.45) is -6.69. The lowest BCUT2D eigenvalue weighted by molar-refractivity contribution is -0.212. The smallest absolute Gasteiger partial charge is 0.278 e. The van der Waals surface area contributed by atoms with Gasteiger partial charge in [0.25, 0.3) is 0 Å². The average molecular weight is 393 g/mol. The number of hydrogen-bond donors (Lipinski definition) is 1. The van der Waals surface area contributed by atoms with Crippen LogP contribution >= 0.6 is 0 Å². The molecule has 0 amide bonds. The van der Waals surface area contributed by atoms with Gasteiger partial charge in [0.15, 0.2) is 6.10 Å². The van der Waals surface area contributed by atoms with Crippen LogP contribution in [0.4, 0.5) is 26.3 Å². The molecule has 0 saturated heterocycles. The van der Waals surface area contributed by atoms with Crippen molar-refractivity contribution in [2.45, 2.75) is 49.9 Å². The van der Waals surface area contributed by atoms with Crippen LogP contribution < -0.4 is 0 Å². The number of alkyl halides is 6. The Kier molecular flexibility index (Phi) is 5.97. The lowest BCUT2D eigenvalue weighted by atomic mass is 9.85. The summed E-state index contributed by atoms with van der Waals surface area (Å²) in [6.45, 7) is 0. The van der Waals surface area contributed by atoms with E-state index in [2.05, 4.69) is 4.18 Å². The highest BCUT2D eigenvalue weighted by Gasteiger charge is 2.50. The fourth-order valence-electron chi connectivity index (χ4n) is 2.16. The third kappa shape index (κ3) is 5.76. The predicted molar refractivity (Wildman–Crippen MR) is 65.7 cm³/mol. The summed E-state index contributed by atoms with van der Waals surface area (Å²) in [4.78, 5) is 0. The van der Waals surface area contributed by atoms with Crippen molar-refractivity contribution in [2.75, 3.05) is 0 Å². The van der Waals surface area contributed by atoms with Gasteiger partial charge in [-0.1, -0.05) is 23.0 Å². The van der Waals surface area contributed by atoms with E-state index in [1.807, 2.05) is 0 Å². The Morgan fingerprint density at radius 2 is 1.48 bits per heavy atom. The van der Waals surface area contributed by atoms with Crippen molar-refractivity contribution in [1.29, 1.82) is 0 Å². The first-order valence-corrected chi connectivity index (χ1v) is 9.06. The van der Waals surface area contributed by atoms with Gasteiger partial charge in [-0.3, -0.25) is 4.55 Å². The van der Waals surface area contributed by atoms with Crippen LogP contribution in [-0.2, 0) is 24.5 Å². The van der Waals surface area contributed by atoms with Gasteiger partial charge in [0.05, 0.1) is 0 Å². The summed E-state index contributed by atoms with van der Waals surface area (Å²) in [7, 11) is -12.2. The van der Waals surface area contributed by atoms with Crippen LogP contribution in [-0.4, -0.2) is 35.0 Å². The molecule has 23 heavy (non-hydrogen) atoms. The van der Waals surface area contributed by atoms with Crippen molar-refractivity contribution in [3.05, 3.63) is 0 Å². The Labute approximate surface area is 128 Å². The minimum atomic E-state index is -6.47. The maximum absolute atomic E-state index is 12.9. The minimum Gasteiger partial charge on any atom is -0.278 e. The highest BCUT2D eigenvalue weighted by Crippen LogP contribution is 2.38. The van der Waals surface area contributed by atoms with E-state index in [1.54, 1.807) is 3.77 Å². The highest BCUT2D eigenvalue weighted by molar-refractivity contribution is 7.99.